The summed E-state index contributed by atoms with van der Waals surface area (Å²) in [5.41, 5.74) is 5.16. The van der Waals surface area contributed by atoms with Crippen LogP contribution < -0.4 is 16.0 Å². The minimum absolute atomic E-state index is 0.212. The van der Waals surface area contributed by atoms with E-state index >= 15 is 0 Å². The second kappa shape index (κ2) is 5.73. The van der Waals surface area contributed by atoms with Gasteiger partial charge in [0, 0.05) is 6.04 Å². The molecule has 15 heavy (non-hydrogen) atoms. The van der Waals surface area contributed by atoms with Crippen LogP contribution in [0, 0.1) is 6.92 Å². The molecule has 3 nitrogen and oxygen atoms in total. The highest BCUT2D eigenvalue weighted by atomic mass is 16.5. The van der Waals surface area contributed by atoms with E-state index in [4.69, 9.17) is 10.6 Å². The monoisotopic (exact) mass is 208 g/mol. The van der Waals surface area contributed by atoms with Crippen molar-refractivity contribution in [2.45, 2.75) is 32.7 Å². The molecule has 0 heterocycles. The summed E-state index contributed by atoms with van der Waals surface area (Å²) in [4.78, 5) is 0. The highest BCUT2D eigenvalue weighted by Crippen LogP contribution is 2.25. The molecule has 3 heteroatoms. The Kier molecular flexibility index (Phi) is 4.59. The summed E-state index contributed by atoms with van der Waals surface area (Å²) in [5.74, 6) is 6.45. The standard InChI is InChI=1S/C12H20N2O/c1-4-5-11(14-13)10-7-6-9(2)12(8-10)15-3/h6-8,11,14H,4-5,13H2,1-3H3. The maximum Gasteiger partial charge on any atom is 0.122 e. The van der Waals surface area contributed by atoms with Crippen LogP contribution in [-0.4, -0.2) is 7.11 Å². The lowest BCUT2D eigenvalue weighted by Gasteiger charge is -2.16. The van der Waals surface area contributed by atoms with Gasteiger partial charge in [-0.3, -0.25) is 11.3 Å². The Morgan fingerprint density at radius 2 is 2.20 bits per heavy atom. The Labute approximate surface area is 91.6 Å². The van der Waals surface area contributed by atoms with Crippen LogP contribution in [0.1, 0.15) is 36.9 Å². The Balaban J connectivity index is 2.92. The molecule has 1 unspecified atom stereocenters. The maximum atomic E-state index is 5.53. The zero-order chi connectivity index (χ0) is 11.3. The summed E-state index contributed by atoms with van der Waals surface area (Å²) < 4.78 is 5.29. The number of methoxy groups -OCH3 is 1. The fourth-order valence-corrected chi connectivity index (χ4v) is 1.69. The second-order valence-corrected chi connectivity index (χ2v) is 3.74. The minimum Gasteiger partial charge on any atom is -0.496 e. The topological polar surface area (TPSA) is 47.3 Å². The highest BCUT2D eigenvalue weighted by molar-refractivity contribution is 5.37. The molecular weight excluding hydrogens is 188 g/mol. The summed E-state index contributed by atoms with van der Waals surface area (Å²) in [6.45, 7) is 4.18. The van der Waals surface area contributed by atoms with Gasteiger partial charge in [0.25, 0.3) is 0 Å². The molecule has 1 rings (SSSR count). The molecule has 0 aromatic heterocycles. The number of hydrogen-bond donors (Lipinski definition) is 2. The molecule has 3 N–H and O–H groups in total. The maximum absolute atomic E-state index is 5.53. The predicted octanol–water partition coefficient (Wildman–Crippen LogP) is 2.31. The van der Waals surface area contributed by atoms with Crippen LogP contribution in [0.15, 0.2) is 18.2 Å². The summed E-state index contributed by atoms with van der Waals surface area (Å²) in [6, 6.07) is 6.42. The molecule has 0 bridgehead atoms. The molecule has 0 aliphatic heterocycles. The molecule has 0 saturated heterocycles. The van der Waals surface area contributed by atoms with Crippen molar-refractivity contribution in [3.63, 3.8) is 0 Å². The first-order valence-electron chi connectivity index (χ1n) is 5.33. The Morgan fingerprint density at radius 1 is 1.47 bits per heavy atom. The van der Waals surface area contributed by atoms with Gasteiger partial charge in [-0.25, -0.2) is 0 Å². The number of nitrogens with two attached hydrogens (primary N) is 1. The first-order chi connectivity index (χ1) is 7.22. The minimum atomic E-state index is 0.212. The Bertz CT molecular complexity index is 312. The van der Waals surface area contributed by atoms with Gasteiger partial charge in [0.05, 0.1) is 7.11 Å². The smallest absolute Gasteiger partial charge is 0.122 e. The van der Waals surface area contributed by atoms with E-state index < -0.39 is 0 Å². The van der Waals surface area contributed by atoms with Crippen molar-refractivity contribution < 1.29 is 4.74 Å². The summed E-state index contributed by atoms with van der Waals surface area (Å²) in [7, 11) is 1.69. The van der Waals surface area contributed by atoms with Crippen LogP contribution in [0.5, 0.6) is 5.75 Å². The molecule has 1 atom stereocenters. The van der Waals surface area contributed by atoms with E-state index in [0.717, 1.165) is 24.2 Å². The number of ether oxygens (including phenoxy) is 1. The Hall–Kier alpha value is -1.06. The molecule has 1 aromatic rings. The highest BCUT2D eigenvalue weighted by Gasteiger charge is 2.10. The van der Waals surface area contributed by atoms with Gasteiger partial charge < -0.3 is 4.74 Å². The first kappa shape index (κ1) is 12.0. The van der Waals surface area contributed by atoms with Gasteiger partial charge in [-0.2, -0.15) is 0 Å². The number of hydrazine groups is 1. The van der Waals surface area contributed by atoms with Gasteiger partial charge in [0.15, 0.2) is 0 Å². The molecule has 84 valence electrons. The number of benzene rings is 1. The first-order valence-corrected chi connectivity index (χ1v) is 5.33. The molecule has 1 aromatic carbocycles. The SMILES string of the molecule is CCCC(NN)c1ccc(C)c(OC)c1. The van der Waals surface area contributed by atoms with E-state index in [1.165, 1.54) is 5.56 Å². The van der Waals surface area contributed by atoms with Gasteiger partial charge in [-0.15, -0.1) is 0 Å². The van der Waals surface area contributed by atoms with E-state index in [1.54, 1.807) is 7.11 Å². The van der Waals surface area contributed by atoms with E-state index in [1.807, 2.05) is 6.92 Å². The van der Waals surface area contributed by atoms with E-state index in [9.17, 15) is 0 Å². The zero-order valence-electron chi connectivity index (χ0n) is 9.71. The lowest BCUT2D eigenvalue weighted by atomic mass is 10.0. The van der Waals surface area contributed by atoms with Crippen LogP contribution in [0.4, 0.5) is 0 Å². The molecule has 0 spiro atoms. The third-order valence-electron chi connectivity index (χ3n) is 2.61. The predicted molar refractivity (Wildman–Crippen MR) is 62.7 cm³/mol. The number of nitrogens with one attached hydrogen (secondary N) is 1. The van der Waals surface area contributed by atoms with Crippen molar-refractivity contribution in [1.29, 1.82) is 0 Å². The van der Waals surface area contributed by atoms with Crippen molar-refractivity contribution in [2.24, 2.45) is 5.84 Å². The fourth-order valence-electron chi connectivity index (χ4n) is 1.69. The van der Waals surface area contributed by atoms with Crippen LogP contribution in [0.25, 0.3) is 0 Å². The van der Waals surface area contributed by atoms with Crippen molar-refractivity contribution in [1.82, 2.24) is 5.43 Å². The average molecular weight is 208 g/mol. The van der Waals surface area contributed by atoms with E-state index in [2.05, 4.69) is 30.5 Å². The number of rotatable bonds is 5. The van der Waals surface area contributed by atoms with Crippen LogP contribution >= 0.6 is 0 Å². The van der Waals surface area contributed by atoms with Crippen molar-refractivity contribution in [3.8, 4) is 5.75 Å². The van der Waals surface area contributed by atoms with Gasteiger partial charge in [0.2, 0.25) is 0 Å². The molecule has 0 radical (unpaired) electrons. The molecule has 0 fully saturated rings. The van der Waals surface area contributed by atoms with Gasteiger partial charge in [-0.05, 0) is 30.5 Å². The molecule has 0 aliphatic carbocycles. The van der Waals surface area contributed by atoms with Crippen molar-refractivity contribution >= 4 is 0 Å². The number of aryl methyl sites for hydroxylation is 1. The van der Waals surface area contributed by atoms with E-state index in [-0.39, 0.29) is 6.04 Å². The third-order valence-corrected chi connectivity index (χ3v) is 2.61. The Morgan fingerprint density at radius 3 is 2.73 bits per heavy atom. The van der Waals surface area contributed by atoms with Gasteiger partial charge >= 0.3 is 0 Å². The van der Waals surface area contributed by atoms with Gasteiger partial charge in [0.1, 0.15) is 5.75 Å². The van der Waals surface area contributed by atoms with Crippen LogP contribution in [-0.2, 0) is 0 Å². The summed E-state index contributed by atoms with van der Waals surface area (Å²) in [6.07, 6.45) is 2.13. The fraction of sp³-hybridized carbons (Fsp3) is 0.500. The largest absolute Gasteiger partial charge is 0.496 e. The van der Waals surface area contributed by atoms with E-state index in [0.29, 0.717) is 0 Å². The zero-order valence-corrected chi connectivity index (χ0v) is 9.71. The summed E-state index contributed by atoms with van der Waals surface area (Å²) >= 11 is 0. The average Bonchev–Trinajstić information content (AvgIpc) is 2.27. The molecule has 0 amide bonds. The van der Waals surface area contributed by atoms with Crippen molar-refractivity contribution in [2.75, 3.05) is 7.11 Å². The van der Waals surface area contributed by atoms with Crippen LogP contribution in [0.2, 0.25) is 0 Å². The van der Waals surface area contributed by atoms with Crippen LogP contribution in [0.3, 0.4) is 0 Å². The normalized spacial score (nSPS) is 12.5. The number of hydrogen-bond acceptors (Lipinski definition) is 3. The lowest BCUT2D eigenvalue weighted by molar-refractivity contribution is 0.409. The molecule has 0 aliphatic rings. The molecule has 0 saturated carbocycles. The third kappa shape index (κ3) is 2.94. The lowest BCUT2D eigenvalue weighted by Crippen LogP contribution is -2.27. The summed E-state index contributed by atoms with van der Waals surface area (Å²) in [5, 5.41) is 0. The van der Waals surface area contributed by atoms with Gasteiger partial charge in [-0.1, -0.05) is 25.5 Å². The quantitative estimate of drug-likeness (QED) is 0.576. The molecular formula is C12H20N2O. The second-order valence-electron chi connectivity index (χ2n) is 3.74. The van der Waals surface area contributed by atoms with Crippen molar-refractivity contribution in [3.05, 3.63) is 29.3 Å².